The summed E-state index contributed by atoms with van der Waals surface area (Å²) >= 11 is 0. The first-order chi connectivity index (χ1) is 19.6. The molecule has 3 aromatic rings. The summed E-state index contributed by atoms with van der Waals surface area (Å²) < 4.78 is 22.6. The molecule has 3 heterocycles. The summed E-state index contributed by atoms with van der Waals surface area (Å²) in [6.07, 6.45) is -1.43. The predicted molar refractivity (Wildman–Crippen MR) is 153 cm³/mol. The molecular formula is C30H38N4O8. The Morgan fingerprint density at radius 3 is 2.48 bits per heavy atom. The number of methoxy groups -OCH3 is 1. The number of carboxylic acids is 1. The number of hydrogen-bond donors (Lipinski definition) is 2. The topological polar surface area (TPSA) is 153 Å². The maximum Gasteiger partial charge on any atom is 0.408 e. The summed E-state index contributed by atoms with van der Waals surface area (Å²) in [5.74, 6) is -0.742. The highest BCUT2D eigenvalue weighted by Gasteiger charge is 2.46. The molecule has 2 N–H and O–H groups in total. The Morgan fingerprint density at radius 1 is 1.14 bits per heavy atom. The summed E-state index contributed by atoms with van der Waals surface area (Å²) in [5.41, 5.74) is 1.22. The van der Waals surface area contributed by atoms with Gasteiger partial charge in [-0.15, -0.1) is 0 Å². The first kappa shape index (κ1) is 30.6. The van der Waals surface area contributed by atoms with E-state index in [0.29, 0.717) is 34.0 Å². The molecule has 12 nitrogen and oxygen atoms in total. The number of carbonyl (C=O) groups is 3. The second-order valence-electron chi connectivity index (χ2n) is 12.4. The van der Waals surface area contributed by atoms with Crippen LogP contribution in [0.15, 0.2) is 34.9 Å². The lowest BCUT2D eigenvalue weighted by atomic mass is 9.85. The standard InChI is InChI=1S/C30H38N4O8/c1-16-23-24(42-33-16)22(14-20(31-23)17-10-9-11-18(12-17)39-8)40-19-13-21(27(36)37)34(15-19)26(35)25(29(2,3)4)32-28(38)41-30(5,6)7/h9-12,14,19,21,25H,13,15H2,1-8H3,(H,32,38)(H,36,37)/t19-,21+,25-/m1/s1. The van der Waals surface area contributed by atoms with Gasteiger partial charge < -0.3 is 34.1 Å². The molecule has 0 spiro atoms. The van der Waals surface area contributed by atoms with E-state index in [9.17, 15) is 19.5 Å². The Hall–Kier alpha value is -4.35. The minimum atomic E-state index is -1.17. The zero-order valence-electron chi connectivity index (χ0n) is 25.2. The van der Waals surface area contributed by atoms with E-state index in [1.165, 1.54) is 4.90 Å². The van der Waals surface area contributed by atoms with Crippen molar-refractivity contribution in [3.8, 4) is 22.8 Å². The molecule has 42 heavy (non-hydrogen) atoms. The number of hydrogen-bond acceptors (Lipinski definition) is 9. The summed E-state index contributed by atoms with van der Waals surface area (Å²) in [6.45, 7) is 12.2. The summed E-state index contributed by atoms with van der Waals surface area (Å²) in [7, 11) is 1.58. The fourth-order valence-electron chi connectivity index (χ4n) is 4.80. The van der Waals surface area contributed by atoms with Crippen LogP contribution in [0.5, 0.6) is 11.5 Å². The number of aromatic nitrogens is 2. The van der Waals surface area contributed by atoms with Crippen molar-refractivity contribution >= 4 is 29.1 Å². The van der Waals surface area contributed by atoms with Crippen molar-refractivity contribution < 1.29 is 38.2 Å². The fraction of sp³-hybridized carbons (Fsp3) is 0.500. The Balaban J connectivity index is 1.63. The van der Waals surface area contributed by atoms with Crippen molar-refractivity contribution in [3.05, 3.63) is 36.0 Å². The number of benzene rings is 1. The van der Waals surface area contributed by atoms with Crippen LogP contribution in [0.25, 0.3) is 22.4 Å². The third-order valence-corrected chi connectivity index (χ3v) is 6.82. The Bertz CT molecular complexity index is 1490. The smallest absolute Gasteiger partial charge is 0.408 e. The lowest BCUT2D eigenvalue weighted by Gasteiger charge is -2.35. The van der Waals surface area contributed by atoms with E-state index in [0.717, 1.165) is 5.56 Å². The maximum atomic E-state index is 13.8. The van der Waals surface area contributed by atoms with E-state index in [-0.39, 0.29) is 13.0 Å². The molecule has 0 radical (unpaired) electrons. The van der Waals surface area contributed by atoms with Crippen LogP contribution >= 0.6 is 0 Å². The zero-order valence-corrected chi connectivity index (χ0v) is 25.2. The number of carboxylic acid groups (broad SMARTS) is 1. The van der Waals surface area contributed by atoms with Crippen LogP contribution in [0, 0.1) is 12.3 Å². The number of rotatable bonds is 7. The molecule has 1 aliphatic rings. The first-order valence-electron chi connectivity index (χ1n) is 13.7. The van der Waals surface area contributed by atoms with Gasteiger partial charge in [0, 0.05) is 18.1 Å². The van der Waals surface area contributed by atoms with E-state index in [1.807, 2.05) is 24.3 Å². The quantitative estimate of drug-likeness (QED) is 0.405. The van der Waals surface area contributed by atoms with Crippen molar-refractivity contribution in [1.82, 2.24) is 20.4 Å². The van der Waals surface area contributed by atoms with Crippen LogP contribution < -0.4 is 14.8 Å². The van der Waals surface area contributed by atoms with E-state index in [1.54, 1.807) is 61.6 Å². The van der Waals surface area contributed by atoms with Gasteiger partial charge >= 0.3 is 12.1 Å². The second kappa shape index (κ2) is 11.5. The molecule has 1 aromatic carbocycles. The Kier molecular flexibility index (Phi) is 8.38. The van der Waals surface area contributed by atoms with E-state index < -0.39 is 47.2 Å². The molecule has 1 aliphatic heterocycles. The molecule has 226 valence electrons. The van der Waals surface area contributed by atoms with E-state index >= 15 is 0 Å². The summed E-state index contributed by atoms with van der Waals surface area (Å²) in [6, 6.07) is 6.87. The van der Waals surface area contributed by atoms with Gasteiger partial charge in [-0.1, -0.05) is 38.1 Å². The Labute approximate surface area is 244 Å². The van der Waals surface area contributed by atoms with Crippen LogP contribution in [-0.4, -0.2) is 75.6 Å². The average molecular weight is 583 g/mol. The predicted octanol–water partition coefficient (Wildman–Crippen LogP) is 4.58. The van der Waals surface area contributed by atoms with Crippen molar-refractivity contribution in [2.75, 3.05) is 13.7 Å². The molecule has 0 bridgehead atoms. The molecule has 0 aliphatic carbocycles. The monoisotopic (exact) mass is 582 g/mol. The van der Waals surface area contributed by atoms with Gasteiger partial charge in [0.25, 0.3) is 0 Å². The minimum absolute atomic E-state index is 0.0236. The van der Waals surface area contributed by atoms with Gasteiger partial charge in [-0.25, -0.2) is 14.6 Å². The van der Waals surface area contributed by atoms with Crippen LogP contribution in [0.2, 0.25) is 0 Å². The third-order valence-electron chi connectivity index (χ3n) is 6.82. The molecule has 12 heteroatoms. The molecule has 2 aromatic heterocycles. The number of amides is 2. The minimum Gasteiger partial charge on any atom is -0.497 e. The van der Waals surface area contributed by atoms with Crippen molar-refractivity contribution in [2.45, 2.75) is 78.7 Å². The number of aliphatic carboxylic acids is 1. The lowest BCUT2D eigenvalue weighted by Crippen LogP contribution is -2.57. The van der Waals surface area contributed by atoms with Crippen LogP contribution in [0.3, 0.4) is 0 Å². The molecule has 0 unspecified atom stereocenters. The van der Waals surface area contributed by atoms with Crippen molar-refractivity contribution in [2.24, 2.45) is 5.41 Å². The SMILES string of the molecule is COc1cccc(-c2cc(O[C@@H]3C[C@@H](C(=O)O)N(C(=O)[C@@H](NC(=O)OC(C)(C)C)C(C)(C)C)C3)c3onc(C)c3n2)c1. The molecule has 4 rings (SSSR count). The number of alkyl carbamates (subject to hydrolysis) is 1. The van der Waals surface area contributed by atoms with E-state index in [2.05, 4.69) is 10.5 Å². The van der Waals surface area contributed by atoms with Gasteiger partial charge in [0.1, 0.15) is 40.7 Å². The fourth-order valence-corrected chi connectivity index (χ4v) is 4.80. The average Bonchev–Trinajstić information content (AvgIpc) is 3.49. The van der Waals surface area contributed by atoms with Gasteiger partial charge in [0.2, 0.25) is 11.5 Å². The van der Waals surface area contributed by atoms with Crippen LogP contribution in [-0.2, 0) is 14.3 Å². The van der Waals surface area contributed by atoms with Crippen LogP contribution in [0.1, 0.15) is 53.7 Å². The van der Waals surface area contributed by atoms with Gasteiger partial charge in [-0.2, -0.15) is 0 Å². The number of ether oxygens (including phenoxy) is 3. The largest absolute Gasteiger partial charge is 0.497 e. The third kappa shape index (κ3) is 6.75. The van der Waals surface area contributed by atoms with Crippen molar-refractivity contribution in [1.29, 1.82) is 0 Å². The number of fused-ring (bicyclic) bond motifs is 1. The lowest BCUT2D eigenvalue weighted by molar-refractivity contribution is -0.150. The summed E-state index contributed by atoms with van der Waals surface area (Å²) in [4.78, 5) is 44.6. The van der Waals surface area contributed by atoms with Gasteiger partial charge in [0.15, 0.2) is 5.75 Å². The van der Waals surface area contributed by atoms with Gasteiger partial charge in [-0.05, 0) is 45.2 Å². The second-order valence-corrected chi connectivity index (χ2v) is 12.4. The molecule has 1 fully saturated rings. The highest BCUT2D eigenvalue weighted by molar-refractivity contribution is 5.90. The number of pyridine rings is 1. The molecular weight excluding hydrogens is 544 g/mol. The number of carbonyl (C=O) groups excluding carboxylic acids is 2. The highest BCUT2D eigenvalue weighted by Crippen LogP contribution is 2.35. The highest BCUT2D eigenvalue weighted by atomic mass is 16.6. The van der Waals surface area contributed by atoms with Crippen LogP contribution in [0.4, 0.5) is 4.79 Å². The molecule has 3 atom stereocenters. The Morgan fingerprint density at radius 2 is 1.86 bits per heavy atom. The number of nitrogens with zero attached hydrogens (tertiary/aromatic N) is 3. The summed E-state index contributed by atoms with van der Waals surface area (Å²) in [5, 5.41) is 16.7. The van der Waals surface area contributed by atoms with Gasteiger partial charge in [-0.3, -0.25) is 4.79 Å². The zero-order chi connectivity index (χ0) is 31.0. The molecule has 2 amide bonds. The maximum absolute atomic E-state index is 13.8. The first-order valence-corrected chi connectivity index (χ1v) is 13.7. The number of aryl methyl sites for hydroxylation is 1. The number of likely N-dealkylation sites (tertiary alicyclic amines) is 1. The molecule has 1 saturated heterocycles. The normalized spacial score (nSPS) is 18.0. The van der Waals surface area contributed by atoms with E-state index in [4.69, 9.17) is 23.7 Å². The van der Waals surface area contributed by atoms with Gasteiger partial charge in [0.05, 0.1) is 19.3 Å². The molecule has 0 saturated carbocycles. The number of nitrogens with one attached hydrogen (secondary N) is 1. The van der Waals surface area contributed by atoms with Crippen molar-refractivity contribution in [3.63, 3.8) is 0 Å².